The van der Waals surface area contributed by atoms with Crippen LogP contribution in [0.5, 0.6) is 0 Å². The third-order valence-corrected chi connectivity index (χ3v) is 5.26. The maximum absolute atomic E-state index is 12.5. The molecule has 1 aliphatic carbocycles. The van der Waals surface area contributed by atoms with Crippen LogP contribution < -0.4 is 0 Å². The van der Waals surface area contributed by atoms with E-state index in [1.54, 1.807) is 0 Å². The average molecular weight is 320 g/mol. The molecule has 2 fully saturated rings. The Labute approximate surface area is 138 Å². The molecule has 0 N–H and O–H groups in total. The second kappa shape index (κ2) is 6.99. The van der Waals surface area contributed by atoms with Gasteiger partial charge >= 0.3 is 0 Å². The zero-order valence-electron chi connectivity index (χ0n) is 14.5. The zero-order valence-corrected chi connectivity index (χ0v) is 14.5. The molecule has 23 heavy (non-hydrogen) atoms. The molecule has 1 aromatic rings. The highest BCUT2D eigenvalue weighted by molar-refractivity contribution is 5.78. The van der Waals surface area contributed by atoms with Crippen molar-refractivity contribution in [3.05, 3.63) is 11.7 Å². The normalized spacial score (nSPS) is 21.3. The summed E-state index contributed by atoms with van der Waals surface area (Å²) in [5.41, 5.74) is 0. The van der Waals surface area contributed by atoms with E-state index in [0.717, 1.165) is 50.7 Å². The van der Waals surface area contributed by atoms with E-state index in [9.17, 15) is 4.79 Å². The third kappa shape index (κ3) is 3.57. The summed E-state index contributed by atoms with van der Waals surface area (Å²) >= 11 is 0. The molecule has 3 rings (SSSR count). The Kier molecular flexibility index (Phi) is 4.99. The smallest absolute Gasteiger partial charge is 0.243 e. The molecule has 6 nitrogen and oxygen atoms in total. The first kappa shape index (κ1) is 16.4. The predicted octanol–water partition coefficient (Wildman–Crippen LogP) is 2.59. The molecular weight excluding hydrogens is 292 g/mol. The van der Waals surface area contributed by atoms with Gasteiger partial charge in [-0.25, -0.2) is 0 Å². The van der Waals surface area contributed by atoms with Gasteiger partial charge < -0.3 is 9.42 Å². The number of rotatable bonds is 6. The largest absolute Gasteiger partial charge is 0.343 e. The lowest BCUT2D eigenvalue weighted by Gasteiger charge is -2.35. The van der Waals surface area contributed by atoms with Crippen molar-refractivity contribution in [3.8, 4) is 0 Å². The van der Waals surface area contributed by atoms with Crippen LogP contribution in [0, 0.1) is 5.92 Å². The van der Waals surface area contributed by atoms with Gasteiger partial charge in [-0.15, -0.1) is 0 Å². The molecule has 0 spiro atoms. The fourth-order valence-corrected chi connectivity index (χ4v) is 3.41. The highest BCUT2D eigenvalue weighted by Gasteiger charge is 2.33. The van der Waals surface area contributed by atoms with Crippen LogP contribution in [0.4, 0.5) is 0 Å². The second-order valence-corrected chi connectivity index (χ2v) is 6.76. The van der Waals surface area contributed by atoms with Crippen molar-refractivity contribution in [3.63, 3.8) is 0 Å². The van der Waals surface area contributed by atoms with E-state index >= 15 is 0 Å². The Morgan fingerprint density at radius 1 is 1.26 bits per heavy atom. The summed E-state index contributed by atoms with van der Waals surface area (Å²) in [5.74, 6) is 2.61. The molecule has 1 aromatic heterocycles. The van der Waals surface area contributed by atoms with E-state index in [-0.39, 0.29) is 12.0 Å². The summed E-state index contributed by atoms with van der Waals surface area (Å²) in [5, 5.41) is 4.11. The van der Waals surface area contributed by atoms with Gasteiger partial charge in [0, 0.05) is 24.9 Å². The van der Waals surface area contributed by atoms with Gasteiger partial charge in [0.05, 0.1) is 6.04 Å². The Bertz CT molecular complexity index is 528. The Balaban J connectivity index is 1.54. The van der Waals surface area contributed by atoms with Crippen LogP contribution in [0.1, 0.15) is 70.1 Å². The number of amides is 1. The number of nitrogens with zero attached hydrogens (tertiary/aromatic N) is 4. The molecule has 1 atom stereocenters. The number of hydrogen-bond donors (Lipinski definition) is 0. The molecule has 0 radical (unpaired) electrons. The zero-order chi connectivity index (χ0) is 16.4. The number of hydrogen-bond acceptors (Lipinski definition) is 5. The van der Waals surface area contributed by atoms with Crippen LogP contribution in [0.25, 0.3) is 0 Å². The molecule has 1 aliphatic heterocycles. The summed E-state index contributed by atoms with van der Waals surface area (Å²) in [6.45, 7) is 9.66. The maximum atomic E-state index is 12.5. The lowest BCUT2D eigenvalue weighted by molar-refractivity contribution is -0.136. The van der Waals surface area contributed by atoms with Gasteiger partial charge in [0.25, 0.3) is 0 Å². The lowest BCUT2D eigenvalue weighted by atomic mass is 9.94. The standard InChI is InChI=1S/C17H28N4O2/c1-4-20(5-2)17(22)14-8-10-21(11-9-14)12(3)16-18-15(19-23-16)13-6-7-13/h12-14H,4-11H2,1-3H3. The fourth-order valence-electron chi connectivity index (χ4n) is 3.41. The van der Waals surface area contributed by atoms with Gasteiger partial charge in [0.15, 0.2) is 5.82 Å². The SMILES string of the molecule is CCN(CC)C(=O)C1CCN(C(C)c2nc(C3CC3)no2)CC1. The topological polar surface area (TPSA) is 62.5 Å². The number of likely N-dealkylation sites (tertiary alicyclic amines) is 1. The molecule has 128 valence electrons. The first-order valence-corrected chi connectivity index (χ1v) is 9.00. The second-order valence-electron chi connectivity index (χ2n) is 6.76. The third-order valence-electron chi connectivity index (χ3n) is 5.26. The summed E-state index contributed by atoms with van der Waals surface area (Å²) in [6, 6.07) is 0.138. The molecule has 1 unspecified atom stereocenters. The minimum Gasteiger partial charge on any atom is -0.343 e. The summed E-state index contributed by atoms with van der Waals surface area (Å²) < 4.78 is 5.45. The van der Waals surface area contributed by atoms with Crippen molar-refractivity contribution in [2.45, 2.75) is 58.4 Å². The van der Waals surface area contributed by atoms with E-state index in [4.69, 9.17) is 4.52 Å². The molecule has 0 bridgehead atoms. The van der Waals surface area contributed by atoms with E-state index in [1.807, 2.05) is 18.7 Å². The minimum absolute atomic E-state index is 0.138. The van der Waals surface area contributed by atoms with Crippen molar-refractivity contribution < 1.29 is 9.32 Å². The van der Waals surface area contributed by atoms with Crippen LogP contribution in [-0.2, 0) is 4.79 Å². The Morgan fingerprint density at radius 3 is 2.48 bits per heavy atom. The molecule has 2 aliphatic rings. The van der Waals surface area contributed by atoms with Crippen LogP contribution in [-0.4, -0.2) is 52.0 Å². The fraction of sp³-hybridized carbons (Fsp3) is 0.824. The van der Waals surface area contributed by atoms with Crippen molar-refractivity contribution >= 4 is 5.91 Å². The number of piperidine rings is 1. The van der Waals surface area contributed by atoms with E-state index in [2.05, 4.69) is 22.0 Å². The molecule has 1 saturated carbocycles. The maximum Gasteiger partial charge on any atom is 0.243 e. The minimum atomic E-state index is 0.138. The van der Waals surface area contributed by atoms with Crippen molar-refractivity contribution in [2.24, 2.45) is 5.92 Å². The molecular formula is C17H28N4O2. The molecule has 2 heterocycles. The van der Waals surface area contributed by atoms with Gasteiger partial charge in [-0.05, 0) is 59.5 Å². The summed E-state index contributed by atoms with van der Waals surface area (Å²) in [6.07, 6.45) is 4.21. The molecule has 6 heteroatoms. The highest BCUT2D eigenvalue weighted by Crippen LogP contribution is 2.38. The quantitative estimate of drug-likeness (QED) is 0.806. The predicted molar refractivity (Wildman–Crippen MR) is 86.9 cm³/mol. The molecule has 1 saturated heterocycles. The van der Waals surface area contributed by atoms with Crippen LogP contribution in [0.2, 0.25) is 0 Å². The van der Waals surface area contributed by atoms with E-state index < -0.39 is 0 Å². The first-order chi connectivity index (χ1) is 11.1. The van der Waals surface area contributed by atoms with E-state index in [1.165, 1.54) is 12.8 Å². The Hall–Kier alpha value is -1.43. The van der Waals surface area contributed by atoms with Gasteiger partial charge in [-0.3, -0.25) is 9.69 Å². The van der Waals surface area contributed by atoms with Crippen LogP contribution >= 0.6 is 0 Å². The van der Waals surface area contributed by atoms with Gasteiger partial charge in [-0.1, -0.05) is 5.16 Å². The molecule has 1 amide bonds. The van der Waals surface area contributed by atoms with Crippen molar-refractivity contribution in [1.82, 2.24) is 19.9 Å². The number of aromatic nitrogens is 2. The van der Waals surface area contributed by atoms with Gasteiger partial charge in [0.2, 0.25) is 11.8 Å². The summed E-state index contributed by atoms with van der Waals surface area (Å²) in [7, 11) is 0. The molecule has 0 aromatic carbocycles. The Morgan fingerprint density at radius 2 is 1.91 bits per heavy atom. The lowest BCUT2D eigenvalue weighted by Crippen LogP contribution is -2.43. The average Bonchev–Trinajstić information content (AvgIpc) is 3.32. The van der Waals surface area contributed by atoms with Crippen LogP contribution in [0.15, 0.2) is 4.52 Å². The van der Waals surface area contributed by atoms with Crippen molar-refractivity contribution in [2.75, 3.05) is 26.2 Å². The number of carbonyl (C=O) groups is 1. The van der Waals surface area contributed by atoms with Crippen molar-refractivity contribution in [1.29, 1.82) is 0 Å². The summed E-state index contributed by atoms with van der Waals surface area (Å²) in [4.78, 5) is 21.3. The van der Waals surface area contributed by atoms with Crippen LogP contribution in [0.3, 0.4) is 0 Å². The van der Waals surface area contributed by atoms with E-state index in [0.29, 0.717) is 11.8 Å². The first-order valence-electron chi connectivity index (χ1n) is 9.00. The monoisotopic (exact) mass is 320 g/mol. The van der Waals surface area contributed by atoms with Gasteiger partial charge in [0.1, 0.15) is 0 Å². The highest BCUT2D eigenvalue weighted by atomic mass is 16.5. The number of carbonyl (C=O) groups excluding carboxylic acids is 1. The van der Waals surface area contributed by atoms with Gasteiger partial charge in [-0.2, -0.15) is 4.98 Å².